The first-order valence-corrected chi connectivity index (χ1v) is 9.10. The summed E-state index contributed by atoms with van der Waals surface area (Å²) in [7, 11) is 1.58. The molecule has 0 atom stereocenters. The van der Waals surface area contributed by atoms with Crippen LogP contribution in [0.1, 0.15) is 27.6 Å². The lowest BCUT2D eigenvalue weighted by Crippen LogP contribution is -2.13. The summed E-state index contributed by atoms with van der Waals surface area (Å²) in [5, 5.41) is 5.55. The van der Waals surface area contributed by atoms with E-state index in [9.17, 15) is 14.4 Å². The second-order valence-corrected chi connectivity index (χ2v) is 6.33. The molecule has 0 fully saturated rings. The average molecular weight is 404 g/mol. The Bertz CT molecular complexity index is 1040. The van der Waals surface area contributed by atoms with Gasteiger partial charge in [0.15, 0.2) is 0 Å². The Morgan fingerprint density at radius 2 is 1.03 bits per heavy atom. The van der Waals surface area contributed by atoms with Crippen LogP contribution < -0.4 is 20.1 Å². The number of benzene rings is 3. The van der Waals surface area contributed by atoms with Crippen molar-refractivity contribution in [3.63, 3.8) is 0 Å². The number of methoxy groups -OCH3 is 1. The molecule has 30 heavy (non-hydrogen) atoms. The SMILES string of the molecule is COc1ccc(NC(=O)c2ccc(NC(=O)c3ccc(OC(C)=O)cc3)cc2)cc1. The summed E-state index contributed by atoms with van der Waals surface area (Å²) < 4.78 is 10.0. The highest BCUT2D eigenvalue weighted by Gasteiger charge is 2.09. The summed E-state index contributed by atoms with van der Waals surface area (Å²) in [6.07, 6.45) is 0. The lowest BCUT2D eigenvalue weighted by atomic mass is 10.1. The maximum Gasteiger partial charge on any atom is 0.308 e. The van der Waals surface area contributed by atoms with Crippen LogP contribution in [0.4, 0.5) is 11.4 Å². The van der Waals surface area contributed by atoms with Gasteiger partial charge < -0.3 is 20.1 Å². The average Bonchev–Trinajstić information content (AvgIpc) is 2.75. The molecule has 0 unspecified atom stereocenters. The summed E-state index contributed by atoms with van der Waals surface area (Å²) in [6, 6.07) is 19.8. The van der Waals surface area contributed by atoms with Crippen molar-refractivity contribution in [2.75, 3.05) is 17.7 Å². The molecule has 0 aliphatic heterocycles. The van der Waals surface area contributed by atoms with Gasteiger partial charge in [-0.25, -0.2) is 0 Å². The minimum absolute atomic E-state index is 0.265. The standard InChI is InChI=1S/C23H20N2O5/c1-15(26)30-21-11-5-17(6-12-21)23(28)24-18-7-3-16(4-8-18)22(27)25-19-9-13-20(29-2)14-10-19/h3-14H,1-2H3,(H,24,28)(H,25,27). The molecular formula is C23H20N2O5. The van der Waals surface area contributed by atoms with E-state index in [0.29, 0.717) is 34.0 Å². The summed E-state index contributed by atoms with van der Waals surface area (Å²) in [4.78, 5) is 35.7. The highest BCUT2D eigenvalue weighted by atomic mass is 16.5. The molecule has 2 N–H and O–H groups in total. The number of hydrogen-bond donors (Lipinski definition) is 2. The van der Waals surface area contributed by atoms with Crippen molar-refractivity contribution in [1.29, 1.82) is 0 Å². The van der Waals surface area contributed by atoms with Crippen LogP contribution in [-0.2, 0) is 4.79 Å². The van der Waals surface area contributed by atoms with Crippen molar-refractivity contribution in [2.45, 2.75) is 6.92 Å². The Labute approximate surface area is 173 Å². The number of esters is 1. The second kappa shape index (κ2) is 9.38. The largest absolute Gasteiger partial charge is 0.497 e. The summed E-state index contributed by atoms with van der Waals surface area (Å²) in [5.41, 5.74) is 2.06. The van der Waals surface area contributed by atoms with Gasteiger partial charge in [-0.15, -0.1) is 0 Å². The van der Waals surface area contributed by atoms with E-state index in [1.165, 1.54) is 6.92 Å². The van der Waals surface area contributed by atoms with Gasteiger partial charge in [-0.2, -0.15) is 0 Å². The topological polar surface area (TPSA) is 93.7 Å². The van der Waals surface area contributed by atoms with Crippen molar-refractivity contribution < 1.29 is 23.9 Å². The number of hydrogen-bond acceptors (Lipinski definition) is 5. The van der Waals surface area contributed by atoms with Gasteiger partial charge in [0.1, 0.15) is 11.5 Å². The van der Waals surface area contributed by atoms with E-state index in [4.69, 9.17) is 9.47 Å². The molecule has 0 spiro atoms. The van der Waals surface area contributed by atoms with E-state index in [1.807, 2.05) is 0 Å². The first-order chi connectivity index (χ1) is 14.4. The van der Waals surface area contributed by atoms with Crippen LogP contribution in [0.3, 0.4) is 0 Å². The smallest absolute Gasteiger partial charge is 0.308 e. The molecule has 3 aromatic carbocycles. The summed E-state index contributed by atoms with van der Waals surface area (Å²) >= 11 is 0. The number of nitrogens with one attached hydrogen (secondary N) is 2. The monoisotopic (exact) mass is 404 g/mol. The first-order valence-electron chi connectivity index (χ1n) is 9.10. The molecule has 3 aromatic rings. The molecule has 0 saturated carbocycles. The molecular weight excluding hydrogens is 384 g/mol. The molecule has 0 saturated heterocycles. The fourth-order valence-corrected chi connectivity index (χ4v) is 2.63. The van der Waals surface area contributed by atoms with Crippen molar-refractivity contribution in [3.8, 4) is 11.5 Å². The Kier molecular flexibility index (Phi) is 6.44. The van der Waals surface area contributed by atoms with Gasteiger partial charge in [-0.3, -0.25) is 14.4 Å². The van der Waals surface area contributed by atoms with Gasteiger partial charge in [0.2, 0.25) is 0 Å². The minimum atomic E-state index is -0.427. The van der Waals surface area contributed by atoms with E-state index in [-0.39, 0.29) is 11.8 Å². The third-order valence-electron chi connectivity index (χ3n) is 4.13. The van der Waals surface area contributed by atoms with Crippen molar-refractivity contribution >= 4 is 29.2 Å². The number of ether oxygens (including phenoxy) is 2. The van der Waals surface area contributed by atoms with E-state index in [0.717, 1.165) is 0 Å². The van der Waals surface area contributed by atoms with E-state index in [2.05, 4.69) is 10.6 Å². The maximum atomic E-state index is 12.4. The van der Waals surface area contributed by atoms with Gasteiger partial charge in [-0.1, -0.05) is 0 Å². The van der Waals surface area contributed by atoms with Gasteiger partial charge in [-0.05, 0) is 72.8 Å². The predicted octanol–water partition coefficient (Wildman–Crippen LogP) is 4.13. The van der Waals surface area contributed by atoms with E-state index in [1.54, 1.807) is 79.9 Å². The maximum absolute atomic E-state index is 12.4. The van der Waals surface area contributed by atoms with Crippen LogP contribution in [0.15, 0.2) is 72.8 Å². The predicted molar refractivity (Wildman–Crippen MR) is 113 cm³/mol. The van der Waals surface area contributed by atoms with Gasteiger partial charge in [0.25, 0.3) is 11.8 Å². The number of rotatable bonds is 6. The third kappa shape index (κ3) is 5.45. The first kappa shape index (κ1) is 20.6. The Balaban J connectivity index is 1.59. The zero-order valence-electron chi connectivity index (χ0n) is 16.5. The molecule has 0 aromatic heterocycles. The van der Waals surface area contributed by atoms with E-state index >= 15 is 0 Å². The molecule has 152 valence electrons. The fourth-order valence-electron chi connectivity index (χ4n) is 2.63. The highest BCUT2D eigenvalue weighted by Crippen LogP contribution is 2.18. The molecule has 3 rings (SSSR count). The van der Waals surface area contributed by atoms with Gasteiger partial charge in [0.05, 0.1) is 7.11 Å². The number of anilines is 2. The van der Waals surface area contributed by atoms with Crippen molar-refractivity contribution in [3.05, 3.63) is 83.9 Å². The zero-order valence-corrected chi connectivity index (χ0v) is 16.5. The normalized spacial score (nSPS) is 10.1. The highest BCUT2D eigenvalue weighted by molar-refractivity contribution is 6.06. The van der Waals surface area contributed by atoms with Crippen molar-refractivity contribution in [2.24, 2.45) is 0 Å². The molecule has 0 aliphatic rings. The molecule has 0 heterocycles. The third-order valence-corrected chi connectivity index (χ3v) is 4.13. The number of carbonyl (C=O) groups excluding carboxylic acids is 3. The van der Waals surface area contributed by atoms with Crippen LogP contribution in [0, 0.1) is 0 Å². The Hall–Kier alpha value is -4.13. The molecule has 7 nitrogen and oxygen atoms in total. The summed E-state index contributed by atoms with van der Waals surface area (Å²) in [6.45, 7) is 1.31. The van der Waals surface area contributed by atoms with Crippen LogP contribution in [-0.4, -0.2) is 24.9 Å². The quantitative estimate of drug-likeness (QED) is 0.476. The minimum Gasteiger partial charge on any atom is -0.497 e. The van der Waals surface area contributed by atoms with Crippen LogP contribution in [0.25, 0.3) is 0 Å². The van der Waals surface area contributed by atoms with Crippen LogP contribution in [0.2, 0.25) is 0 Å². The van der Waals surface area contributed by atoms with E-state index < -0.39 is 5.97 Å². The van der Waals surface area contributed by atoms with Gasteiger partial charge in [0, 0.05) is 29.4 Å². The lowest BCUT2D eigenvalue weighted by Gasteiger charge is -2.09. The molecule has 0 radical (unpaired) electrons. The number of carbonyl (C=O) groups is 3. The molecule has 0 aliphatic carbocycles. The fraction of sp³-hybridized carbons (Fsp3) is 0.0870. The number of amides is 2. The summed E-state index contributed by atoms with van der Waals surface area (Å²) in [5.74, 6) is 0.0580. The van der Waals surface area contributed by atoms with Crippen LogP contribution in [0.5, 0.6) is 11.5 Å². The van der Waals surface area contributed by atoms with Gasteiger partial charge >= 0.3 is 5.97 Å². The second-order valence-electron chi connectivity index (χ2n) is 6.33. The lowest BCUT2D eigenvalue weighted by molar-refractivity contribution is -0.131. The molecule has 7 heteroatoms. The van der Waals surface area contributed by atoms with Crippen LogP contribution >= 0.6 is 0 Å². The van der Waals surface area contributed by atoms with Crippen molar-refractivity contribution in [1.82, 2.24) is 0 Å². The molecule has 2 amide bonds. The zero-order chi connectivity index (χ0) is 21.5. The molecule has 0 bridgehead atoms. The Morgan fingerprint density at radius 1 is 0.633 bits per heavy atom. The Morgan fingerprint density at radius 3 is 1.47 bits per heavy atom.